The molecule has 88 valence electrons. The fraction of sp³-hybridized carbons (Fsp3) is 0.125. The zero-order valence-corrected chi connectivity index (χ0v) is 10.5. The molecule has 0 aliphatic carbocycles. The van der Waals surface area contributed by atoms with Crippen molar-refractivity contribution in [1.29, 1.82) is 0 Å². The first-order valence-electron chi connectivity index (χ1n) is 5.10. The molecule has 0 atom stereocenters. The van der Waals surface area contributed by atoms with Gasteiger partial charge in [0, 0.05) is 11.1 Å². The van der Waals surface area contributed by atoms with Gasteiger partial charge in [-0.25, -0.2) is 0 Å². The van der Waals surface area contributed by atoms with Crippen LogP contribution in [0.2, 0.25) is 0 Å². The normalized spacial score (nSPS) is 9.76. The summed E-state index contributed by atoms with van der Waals surface area (Å²) in [6, 6.07) is 0. The number of ether oxygens (including phenoxy) is 1. The Morgan fingerprint density at radius 3 is 1.76 bits per heavy atom. The lowest BCUT2D eigenvalue weighted by molar-refractivity contribution is 0.309. The molecule has 1 heteroatoms. The second-order valence-corrected chi connectivity index (χ2v) is 3.48. The molecule has 0 aliphatic rings. The zero-order chi connectivity index (χ0) is 13.3. The summed E-state index contributed by atoms with van der Waals surface area (Å²) in [6.45, 7) is 16.9. The third-order valence-electron chi connectivity index (χ3n) is 1.69. The van der Waals surface area contributed by atoms with Gasteiger partial charge in [-0.15, -0.1) is 0 Å². The molecule has 17 heavy (non-hydrogen) atoms. The maximum Gasteiger partial charge on any atom is 0.111 e. The number of hydrogen-bond acceptors (Lipinski definition) is 1. The third-order valence-corrected chi connectivity index (χ3v) is 1.69. The summed E-state index contributed by atoms with van der Waals surface area (Å²) >= 11 is 0. The Labute approximate surface area is 104 Å². The van der Waals surface area contributed by atoms with Gasteiger partial charge in [-0.05, 0) is 25.2 Å². The van der Waals surface area contributed by atoms with Crippen molar-refractivity contribution in [2.45, 2.75) is 6.92 Å². The van der Waals surface area contributed by atoms with Crippen LogP contribution in [0.15, 0.2) is 73.1 Å². The minimum absolute atomic E-state index is 0.564. The molecule has 0 rings (SSSR count). The van der Waals surface area contributed by atoms with Gasteiger partial charge < -0.3 is 4.74 Å². The minimum atomic E-state index is 0.564. The smallest absolute Gasteiger partial charge is 0.111 e. The number of rotatable bonds is 5. The van der Waals surface area contributed by atoms with E-state index < -0.39 is 0 Å². The van der Waals surface area contributed by atoms with Crippen molar-refractivity contribution in [3.63, 3.8) is 0 Å². The lowest BCUT2D eigenvalue weighted by Crippen LogP contribution is -1.78. The van der Waals surface area contributed by atoms with E-state index in [0.29, 0.717) is 16.9 Å². The Morgan fingerprint density at radius 1 is 0.882 bits per heavy atom. The number of methoxy groups -OCH3 is 1. The molecule has 0 aliphatic heterocycles. The molecule has 0 aromatic heterocycles. The SMILES string of the molecule is C=C(C)/C=C\C(=C)C#CC(=C)/C=C\C(=C)OC. The molecule has 0 aromatic carbocycles. The molecule has 0 saturated heterocycles. The first-order chi connectivity index (χ1) is 7.95. The van der Waals surface area contributed by atoms with Crippen LogP contribution in [-0.4, -0.2) is 7.11 Å². The van der Waals surface area contributed by atoms with E-state index in [1.54, 1.807) is 19.3 Å². The Bertz CT molecular complexity index is 448. The first kappa shape index (κ1) is 14.8. The molecule has 0 radical (unpaired) electrons. The van der Waals surface area contributed by atoms with Crippen molar-refractivity contribution in [2.24, 2.45) is 0 Å². The summed E-state index contributed by atoms with van der Waals surface area (Å²) < 4.78 is 4.88. The quantitative estimate of drug-likeness (QED) is 0.392. The van der Waals surface area contributed by atoms with Crippen LogP contribution in [0.1, 0.15) is 6.92 Å². The lowest BCUT2D eigenvalue weighted by Gasteiger charge is -1.94. The van der Waals surface area contributed by atoms with Crippen LogP contribution < -0.4 is 0 Å². The first-order valence-corrected chi connectivity index (χ1v) is 5.10. The van der Waals surface area contributed by atoms with Crippen molar-refractivity contribution < 1.29 is 4.74 Å². The van der Waals surface area contributed by atoms with Gasteiger partial charge >= 0.3 is 0 Å². The highest BCUT2D eigenvalue weighted by molar-refractivity contribution is 5.46. The van der Waals surface area contributed by atoms with Crippen LogP contribution in [0.5, 0.6) is 0 Å². The van der Waals surface area contributed by atoms with Crippen LogP contribution in [0.3, 0.4) is 0 Å². The van der Waals surface area contributed by atoms with E-state index in [-0.39, 0.29) is 0 Å². The Balaban J connectivity index is 4.40. The summed E-state index contributed by atoms with van der Waals surface area (Å²) in [4.78, 5) is 0. The van der Waals surface area contributed by atoms with Crippen molar-refractivity contribution in [1.82, 2.24) is 0 Å². The second kappa shape index (κ2) is 8.01. The molecule has 0 heterocycles. The number of allylic oxidation sites excluding steroid dienone is 7. The van der Waals surface area contributed by atoms with Gasteiger partial charge in [-0.1, -0.05) is 49.8 Å². The highest BCUT2D eigenvalue weighted by Crippen LogP contribution is 1.99. The fourth-order valence-electron chi connectivity index (χ4n) is 0.748. The van der Waals surface area contributed by atoms with Gasteiger partial charge in [-0.3, -0.25) is 0 Å². The molecule has 0 aromatic rings. The maximum atomic E-state index is 4.88. The third kappa shape index (κ3) is 8.77. The monoisotopic (exact) mass is 226 g/mol. The summed E-state index contributed by atoms with van der Waals surface area (Å²) in [5, 5.41) is 0. The Morgan fingerprint density at radius 2 is 1.35 bits per heavy atom. The van der Waals surface area contributed by atoms with E-state index >= 15 is 0 Å². The summed E-state index contributed by atoms with van der Waals surface area (Å²) in [5.74, 6) is 6.33. The Kier molecular flexibility index (Phi) is 6.97. The highest BCUT2D eigenvalue weighted by Gasteiger charge is 1.84. The van der Waals surface area contributed by atoms with Crippen molar-refractivity contribution in [3.05, 3.63) is 73.1 Å². The molecule has 0 amide bonds. The molecule has 0 spiro atoms. The summed E-state index contributed by atoms with van der Waals surface area (Å²) in [5.41, 5.74) is 2.35. The van der Waals surface area contributed by atoms with Crippen LogP contribution >= 0.6 is 0 Å². The summed E-state index contributed by atoms with van der Waals surface area (Å²) in [7, 11) is 1.56. The van der Waals surface area contributed by atoms with Gasteiger partial charge in [-0.2, -0.15) is 0 Å². The molecule has 1 nitrogen and oxygen atoms in total. The van der Waals surface area contributed by atoms with Gasteiger partial charge in [0.2, 0.25) is 0 Å². The predicted octanol–water partition coefficient (Wildman–Crippen LogP) is 3.95. The van der Waals surface area contributed by atoms with E-state index in [9.17, 15) is 0 Å². The highest BCUT2D eigenvalue weighted by atomic mass is 16.5. The molecular weight excluding hydrogens is 208 g/mol. The second-order valence-electron chi connectivity index (χ2n) is 3.48. The molecule has 0 bridgehead atoms. The zero-order valence-electron chi connectivity index (χ0n) is 10.5. The largest absolute Gasteiger partial charge is 0.497 e. The fourth-order valence-corrected chi connectivity index (χ4v) is 0.748. The van der Waals surface area contributed by atoms with Crippen molar-refractivity contribution in [2.75, 3.05) is 7.11 Å². The molecular formula is C16H18O. The van der Waals surface area contributed by atoms with Crippen molar-refractivity contribution >= 4 is 0 Å². The number of hydrogen-bond donors (Lipinski definition) is 0. The summed E-state index contributed by atoms with van der Waals surface area (Å²) in [6.07, 6.45) is 7.14. The van der Waals surface area contributed by atoms with Crippen LogP contribution in [0, 0.1) is 11.8 Å². The van der Waals surface area contributed by atoms with Gasteiger partial charge in [0.05, 0.1) is 7.11 Å². The molecule has 0 fully saturated rings. The topological polar surface area (TPSA) is 9.23 Å². The van der Waals surface area contributed by atoms with Crippen molar-refractivity contribution in [3.8, 4) is 11.8 Å². The van der Waals surface area contributed by atoms with Crippen LogP contribution in [-0.2, 0) is 4.74 Å². The predicted molar refractivity (Wildman–Crippen MR) is 75.3 cm³/mol. The average molecular weight is 226 g/mol. The van der Waals surface area contributed by atoms with E-state index in [1.165, 1.54) is 0 Å². The lowest BCUT2D eigenvalue weighted by atomic mass is 10.2. The molecule has 0 unspecified atom stereocenters. The Hall–Kier alpha value is -2.20. The van der Waals surface area contributed by atoms with Gasteiger partial charge in [0.25, 0.3) is 0 Å². The average Bonchev–Trinajstić information content (AvgIpc) is 2.30. The molecule has 0 saturated carbocycles. The van der Waals surface area contributed by atoms with E-state index in [2.05, 4.69) is 38.2 Å². The van der Waals surface area contributed by atoms with E-state index in [4.69, 9.17) is 4.74 Å². The maximum absolute atomic E-state index is 4.88. The van der Waals surface area contributed by atoms with Gasteiger partial charge in [0.15, 0.2) is 0 Å². The standard InChI is InChI=1S/C16H18O/c1-13(2)7-8-14(3)9-10-15(4)11-12-16(5)17-6/h7-8,11-12H,1,3-5H2,2,6H3/b8-7-,12-11-. The van der Waals surface area contributed by atoms with Gasteiger partial charge in [0.1, 0.15) is 5.76 Å². The van der Waals surface area contributed by atoms with E-state index in [1.807, 2.05) is 19.1 Å². The minimum Gasteiger partial charge on any atom is -0.497 e. The molecule has 0 N–H and O–H groups in total. The van der Waals surface area contributed by atoms with Crippen LogP contribution in [0.4, 0.5) is 0 Å². The van der Waals surface area contributed by atoms with Crippen LogP contribution in [0.25, 0.3) is 0 Å². The van der Waals surface area contributed by atoms with E-state index in [0.717, 1.165) is 5.57 Å².